The summed E-state index contributed by atoms with van der Waals surface area (Å²) in [6, 6.07) is 24.5. The molecule has 0 aliphatic carbocycles. The molecule has 3 aromatic carbocycles. The molecule has 3 aromatic rings. The molecule has 1 amide bonds. The van der Waals surface area contributed by atoms with Gasteiger partial charge in [0, 0.05) is 10.0 Å². The number of hydrogen-bond donors (Lipinski definition) is 1. The number of anilines is 1. The fourth-order valence-corrected chi connectivity index (χ4v) is 5.79. The number of hydrogen-bond acceptors (Lipinski definition) is 5. The Bertz CT molecular complexity index is 1280. The van der Waals surface area contributed by atoms with Crippen molar-refractivity contribution in [3.05, 3.63) is 100 Å². The van der Waals surface area contributed by atoms with Gasteiger partial charge in [-0.05, 0) is 42.7 Å². The van der Waals surface area contributed by atoms with Crippen molar-refractivity contribution in [1.82, 2.24) is 4.90 Å². The maximum absolute atomic E-state index is 14.8. The van der Waals surface area contributed by atoms with Gasteiger partial charge in [0.05, 0.1) is 5.69 Å². The third-order valence-electron chi connectivity index (χ3n) is 6.51. The van der Waals surface area contributed by atoms with Gasteiger partial charge in [0.1, 0.15) is 5.66 Å². The molecular weight excluding hydrogens is 481 g/mol. The first-order valence-corrected chi connectivity index (χ1v) is 12.2. The Balaban J connectivity index is 1.89. The van der Waals surface area contributed by atoms with Gasteiger partial charge in [0.2, 0.25) is 11.9 Å². The van der Waals surface area contributed by atoms with Gasteiger partial charge >= 0.3 is 0 Å². The minimum absolute atomic E-state index is 0.120. The molecule has 1 unspecified atom stereocenters. The number of amides is 1. The molecule has 2 aliphatic heterocycles. The van der Waals surface area contributed by atoms with Crippen molar-refractivity contribution in [3.8, 4) is 0 Å². The molecule has 178 valence electrons. The molecule has 2 aliphatic rings. The van der Waals surface area contributed by atoms with Gasteiger partial charge in [-0.3, -0.25) is 9.69 Å². The predicted molar refractivity (Wildman–Crippen MR) is 142 cm³/mol. The third kappa shape index (κ3) is 3.60. The van der Waals surface area contributed by atoms with E-state index in [9.17, 15) is 4.79 Å². The number of nitrogens with two attached hydrogens (primary N) is 1. The number of benzene rings is 3. The van der Waals surface area contributed by atoms with Crippen LogP contribution in [0.2, 0.25) is 10.0 Å². The van der Waals surface area contributed by atoms with E-state index in [4.69, 9.17) is 33.9 Å². The Hall–Kier alpha value is -3.35. The van der Waals surface area contributed by atoms with Gasteiger partial charge in [-0.25, -0.2) is 9.89 Å². The Morgan fingerprint density at radius 1 is 0.914 bits per heavy atom. The van der Waals surface area contributed by atoms with Gasteiger partial charge in [0.15, 0.2) is 5.54 Å². The standard InChI is InChI=1S/C27H25Cl2N5O/c1-3-14-26(2)32-24(30)31-25-33(22-16-20(28)15-21(29)17-22)23(35)27(34(25)26,18-10-6-4-7-11-18)19-12-8-5-9-13-19/h4-13,15-17H,3,14H2,1-2H3,(H2,30,32). The topological polar surface area (TPSA) is 74.3 Å². The number of rotatable bonds is 5. The number of guanidine groups is 2. The molecule has 8 heteroatoms. The monoisotopic (exact) mass is 505 g/mol. The molecule has 0 spiro atoms. The molecule has 1 saturated heterocycles. The van der Waals surface area contributed by atoms with Crippen molar-refractivity contribution in [2.24, 2.45) is 15.7 Å². The summed E-state index contributed by atoms with van der Waals surface area (Å²) in [7, 11) is 0. The number of nitrogens with zero attached hydrogens (tertiary/aromatic N) is 4. The lowest BCUT2D eigenvalue weighted by molar-refractivity contribution is -0.125. The number of aliphatic imine (C=N–C) groups is 2. The molecule has 0 aromatic heterocycles. The summed E-state index contributed by atoms with van der Waals surface area (Å²) in [5, 5.41) is 0.830. The van der Waals surface area contributed by atoms with E-state index in [1.165, 1.54) is 0 Å². The van der Waals surface area contributed by atoms with E-state index in [2.05, 4.69) is 11.9 Å². The second kappa shape index (κ2) is 8.70. The first-order chi connectivity index (χ1) is 16.8. The summed E-state index contributed by atoms with van der Waals surface area (Å²) in [5.74, 6) is 0.304. The van der Waals surface area contributed by atoms with Crippen LogP contribution in [0.4, 0.5) is 5.69 Å². The van der Waals surface area contributed by atoms with Gasteiger partial charge < -0.3 is 5.73 Å². The lowest BCUT2D eigenvalue weighted by Crippen LogP contribution is -2.60. The minimum atomic E-state index is -1.25. The lowest BCUT2D eigenvalue weighted by Gasteiger charge is -2.47. The number of fused-ring (bicyclic) bond motifs is 1. The van der Waals surface area contributed by atoms with Crippen LogP contribution in [-0.4, -0.2) is 28.4 Å². The predicted octanol–water partition coefficient (Wildman–Crippen LogP) is 5.79. The van der Waals surface area contributed by atoms with Crippen molar-refractivity contribution in [3.63, 3.8) is 0 Å². The van der Waals surface area contributed by atoms with Crippen molar-refractivity contribution in [2.75, 3.05) is 4.90 Å². The molecule has 0 radical (unpaired) electrons. The zero-order valence-corrected chi connectivity index (χ0v) is 21.0. The van der Waals surface area contributed by atoms with Gasteiger partial charge in [0.25, 0.3) is 5.91 Å². The van der Waals surface area contributed by atoms with E-state index >= 15 is 0 Å². The highest BCUT2D eigenvalue weighted by atomic mass is 35.5. The molecule has 1 fully saturated rings. The molecule has 1 atom stereocenters. The van der Waals surface area contributed by atoms with E-state index < -0.39 is 11.2 Å². The van der Waals surface area contributed by atoms with Crippen LogP contribution in [0.25, 0.3) is 0 Å². The molecule has 0 saturated carbocycles. The first-order valence-electron chi connectivity index (χ1n) is 11.5. The van der Waals surface area contributed by atoms with Crippen molar-refractivity contribution < 1.29 is 4.79 Å². The summed E-state index contributed by atoms with van der Waals surface area (Å²) in [5.41, 5.74) is 6.29. The van der Waals surface area contributed by atoms with E-state index in [1.807, 2.05) is 72.5 Å². The highest BCUT2D eigenvalue weighted by Crippen LogP contribution is 2.50. The lowest BCUT2D eigenvalue weighted by atomic mass is 9.79. The quantitative estimate of drug-likeness (QED) is 0.476. The van der Waals surface area contributed by atoms with E-state index in [0.29, 0.717) is 28.1 Å². The zero-order valence-electron chi connectivity index (χ0n) is 19.5. The van der Waals surface area contributed by atoms with Crippen LogP contribution in [-0.2, 0) is 10.3 Å². The summed E-state index contributed by atoms with van der Waals surface area (Å²) >= 11 is 12.7. The summed E-state index contributed by atoms with van der Waals surface area (Å²) in [6.07, 6.45) is 1.49. The van der Waals surface area contributed by atoms with Gasteiger partial charge in [-0.15, -0.1) is 0 Å². The Morgan fingerprint density at radius 3 is 1.97 bits per heavy atom. The molecule has 35 heavy (non-hydrogen) atoms. The smallest absolute Gasteiger partial charge is 0.269 e. The maximum atomic E-state index is 14.8. The van der Waals surface area contributed by atoms with E-state index in [1.54, 1.807) is 23.1 Å². The molecule has 0 bridgehead atoms. The fourth-order valence-electron chi connectivity index (χ4n) is 5.27. The second-order valence-corrected chi connectivity index (χ2v) is 9.77. The van der Waals surface area contributed by atoms with Crippen molar-refractivity contribution in [2.45, 2.75) is 37.9 Å². The number of carbonyl (C=O) groups is 1. The summed E-state index contributed by atoms with van der Waals surface area (Å²) < 4.78 is 0. The number of halogens is 2. The molecule has 2 heterocycles. The fraction of sp³-hybridized carbons (Fsp3) is 0.222. The Labute approximate surface area is 214 Å². The normalized spacial score (nSPS) is 21.0. The molecule has 5 rings (SSSR count). The number of carbonyl (C=O) groups excluding carboxylic acids is 1. The van der Waals surface area contributed by atoms with Crippen LogP contribution >= 0.6 is 23.2 Å². The Morgan fingerprint density at radius 2 is 1.46 bits per heavy atom. The van der Waals surface area contributed by atoms with Crippen LogP contribution in [0.15, 0.2) is 88.8 Å². The molecule has 6 nitrogen and oxygen atoms in total. The Kier molecular flexibility index (Phi) is 5.82. The summed E-state index contributed by atoms with van der Waals surface area (Å²) in [4.78, 5) is 27.8. The van der Waals surface area contributed by atoms with Gasteiger partial charge in [-0.1, -0.05) is 97.2 Å². The van der Waals surface area contributed by atoms with E-state index in [0.717, 1.165) is 17.5 Å². The molecular formula is C27H25Cl2N5O. The van der Waals surface area contributed by atoms with Crippen molar-refractivity contribution in [1.29, 1.82) is 0 Å². The van der Waals surface area contributed by atoms with E-state index in [-0.39, 0.29) is 11.9 Å². The minimum Gasteiger partial charge on any atom is -0.368 e. The molecule has 2 N–H and O–H groups in total. The van der Waals surface area contributed by atoms with Crippen LogP contribution in [0.1, 0.15) is 37.8 Å². The maximum Gasteiger partial charge on any atom is 0.269 e. The third-order valence-corrected chi connectivity index (χ3v) is 6.95. The SMILES string of the molecule is CCCC1(C)N=C(N)N=C2N(c3cc(Cl)cc(Cl)c3)C(=O)C(c3ccccc3)(c3ccccc3)N21. The highest BCUT2D eigenvalue weighted by molar-refractivity contribution is 6.36. The van der Waals surface area contributed by atoms with Crippen molar-refractivity contribution >= 4 is 46.7 Å². The zero-order chi connectivity index (χ0) is 24.8. The largest absolute Gasteiger partial charge is 0.368 e. The van der Waals surface area contributed by atoms with Crippen LogP contribution < -0.4 is 10.6 Å². The first kappa shape index (κ1) is 23.4. The average Bonchev–Trinajstić information content (AvgIpc) is 3.09. The van der Waals surface area contributed by atoms with Crippen LogP contribution in [0, 0.1) is 0 Å². The highest BCUT2D eigenvalue weighted by Gasteiger charge is 2.64. The summed E-state index contributed by atoms with van der Waals surface area (Å²) in [6.45, 7) is 4.09. The average molecular weight is 506 g/mol. The van der Waals surface area contributed by atoms with Crippen LogP contribution in [0.5, 0.6) is 0 Å². The second-order valence-electron chi connectivity index (χ2n) is 8.89. The van der Waals surface area contributed by atoms with Crippen LogP contribution in [0.3, 0.4) is 0 Å². The van der Waals surface area contributed by atoms with Gasteiger partial charge in [-0.2, -0.15) is 4.99 Å².